The maximum Gasteiger partial charge on any atom is 0.305 e. The zero-order valence-electron chi connectivity index (χ0n) is 14.6. The van der Waals surface area contributed by atoms with Crippen molar-refractivity contribution in [3.8, 4) is 0 Å². The summed E-state index contributed by atoms with van der Waals surface area (Å²) in [4.78, 5) is 20.0. The monoisotopic (exact) mass is 331 g/mol. The van der Waals surface area contributed by atoms with Crippen LogP contribution in [0.25, 0.3) is 0 Å². The Bertz CT molecular complexity index is 632. The number of pyridine rings is 1. The Balaban J connectivity index is 1.59. The van der Waals surface area contributed by atoms with E-state index in [9.17, 15) is 4.79 Å². The summed E-state index contributed by atoms with van der Waals surface area (Å²) in [6.45, 7) is 6.54. The van der Waals surface area contributed by atoms with Crippen molar-refractivity contribution in [2.24, 2.45) is 0 Å². The lowest BCUT2D eigenvalue weighted by molar-refractivity contribution is -0.143. The number of esters is 1. The first-order chi connectivity index (χ1) is 11.4. The van der Waals surface area contributed by atoms with Gasteiger partial charge in [0.15, 0.2) is 5.82 Å². The second kappa shape index (κ2) is 8.57. The third-order valence-corrected chi connectivity index (χ3v) is 3.53. The van der Waals surface area contributed by atoms with Gasteiger partial charge in [0, 0.05) is 30.7 Å². The van der Waals surface area contributed by atoms with Crippen LogP contribution in [-0.4, -0.2) is 27.7 Å². The van der Waals surface area contributed by atoms with Gasteiger partial charge in [0.05, 0.1) is 6.61 Å². The molecule has 6 nitrogen and oxygen atoms in total. The fourth-order valence-electron chi connectivity index (χ4n) is 2.13. The number of rotatable bonds is 8. The largest absolute Gasteiger partial charge is 0.466 e. The molecule has 0 aromatic carbocycles. The van der Waals surface area contributed by atoms with Crippen LogP contribution in [0, 0.1) is 0 Å². The molecule has 24 heavy (non-hydrogen) atoms. The number of hydrogen-bond donors (Lipinski definition) is 0. The van der Waals surface area contributed by atoms with Crippen molar-refractivity contribution in [2.45, 2.75) is 58.3 Å². The molecular formula is C18H25N3O3. The van der Waals surface area contributed by atoms with Crippen molar-refractivity contribution in [1.29, 1.82) is 0 Å². The van der Waals surface area contributed by atoms with Gasteiger partial charge in [-0.2, -0.15) is 4.98 Å². The van der Waals surface area contributed by atoms with E-state index in [0.717, 1.165) is 12.8 Å². The molecule has 2 rings (SSSR count). The van der Waals surface area contributed by atoms with Crippen LogP contribution >= 0.6 is 0 Å². The molecule has 2 aromatic heterocycles. The Morgan fingerprint density at radius 2 is 1.92 bits per heavy atom. The van der Waals surface area contributed by atoms with Crippen LogP contribution < -0.4 is 0 Å². The van der Waals surface area contributed by atoms with Gasteiger partial charge in [0.2, 0.25) is 5.89 Å². The van der Waals surface area contributed by atoms with Crippen LogP contribution in [0.15, 0.2) is 29.0 Å². The van der Waals surface area contributed by atoms with E-state index >= 15 is 0 Å². The van der Waals surface area contributed by atoms with E-state index < -0.39 is 0 Å². The van der Waals surface area contributed by atoms with Gasteiger partial charge in [-0.25, -0.2) is 0 Å². The summed E-state index contributed by atoms with van der Waals surface area (Å²) in [5.74, 6) is 1.09. The number of hydrogen-bond acceptors (Lipinski definition) is 6. The standard InChI is InChI=1S/C18H25N3O3/c1-18(2,3)17-20-15(24-21-17)7-4-8-16(22)23-13-5-6-14-9-11-19-12-10-14/h9-12H,4-8,13H2,1-3H3. The maximum absolute atomic E-state index is 11.7. The Kier molecular flexibility index (Phi) is 6.46. The van der Waals surface area contributed by atoms with Gasteiger partial charge in [0.1, 0.15) is 0 Å². The van der Waals surface area contributed by atoms with Crippen LogP contribution in [0.3, 0.4) is 0 Å². The van der Waals surface area contributed by atoms with E-state index in [-0.39, 0.29) is 11.4 Å². The molecule has 0 bridgehead atoms. The van der Waals surface area contributed by atoms with E-state index in [1.54, 1.807) is 12.4 Å². The molecular weight excluding hydrogens is 306 g/mol. The molecule has 0 saturated heterocycles. The Morgan fingerprint density at radius 3 is 2.58 bits per heavy atom. The molecule has 0 fully saturated rings. The zero-order valence-corrected chi connectivity index (χ0v) is 14.6. The number of aryl methyl sites for hydroxylation is 2. The molecule has 0 atom stereocenters. The van der Waals surface area contributed by atoms with Crippen molar-refractivity contribution >= 4 is 5.97 Å². The molecule has 0 unspecified atom stereocenters. The van der Waals surface area contributed by atoms with E-state index in [1.165, 1.54) is 5.56 Å². The minimum Gasteiger partial charge on any atom is -0.466 e. The number of aromatic nitrogens is 3. The van der Waals surface area contributed by atoms with Gasteiger partial charge in [-0.1, -0.05) is 25.9 Å². The first-order valence-corrected chi connectivity index (χ1v) is 8.33. The summed E-state index contributed by atoms with van der Waals surface area (Å²) in [5.41, 5.74) is 1.07. The second-order valence-corrected chi connectivity index (χ2v) is 6.79. The first-order valence-electron chi connectivity index (χ1n) is 8.33. The van der Waals surface area contributed by atoms with Crippen molar-refractivity contribution in [1.82, 2.24) is 15.1 Å². The molecule has 0 N–H and O–H groups in total. The average molecular weight is 331 g/mol. The molecule has 0 aliphatic carbocycles. The van der Waals surface area contributed by atoms with Gasteiger partial charge >= 0.3 is 5.97 Å². The lowest BCUT2D eigenvalue weighted by Gasteiger charge is -2.10. The number of ether oxygens (including phenoxy) is 1. The summed E-state index contributed by atoms with van der Waals surface area (Å²) >= 11 is 0. The lowest BCUT2D eigenvalue weighted by atomic mass is 9.96. The van der Waals surface area contributed by atoms with Crippen LogP contribution in [0.4, 0.5) is 0 Å². The van der Waals surface area contributed by atoms with Crippen LogP contribution in [0.1, 0.15) is 57.3 Å². The fourth-order valence-corrected chi connectivity index (χ4v) is 2.13. The summed E-state index contributed by atoms with van der Waals surface area (Å²) in [5, 5.41) is 3.97. The molecule has 0 aliphatic heterocycles. The SMILES string of the molecule is CC(C)(C)c1noc(CCCC(=O)OCCCc2ccncc2)n1. The highest BCUT2D eigenvalue weighted by Gasteiger charge is 2.20. The van der Waals surface area contributed by atoms with Crippen LogP contribution in [0.5, 0.6) is 0 Å². The summed E-state index contributed by atoms with van der Waals surface area (Å²) in [6, 6.07) is 3.94. The van der Waals surface area contributed by atoms with Crippen molar-refractivity contribution in [3.63, 3.8) is 0 Å². The molecule has 0 spiro atoms. The van der Waals surface area contributed by atoms with Gasteiger partial charge in [-0.15, -0.1) is 0 Å². The zero-order chi connectivity index (χ0) is 17.4. The Labute approximate surface area is 142 Å². The van der Waals surface area contributed by atoms with E-state index in [4.69, 9.17) is 9.26 Å². The third-order valence-electron chi connectivity index (χ3n) is 3.53. The van der Waals surface area contributed by atoms with Crippen molar-refractivity contribution in [2.75, 3.05) is 6.61 Å². The van der Waals surface area contributed by atoms with Crippen LogP contribution in [-0.2, 0) is 27.8 Å². The van der Waals surface area contributed by atoms with Gasteiger partial charge in [0.25, 0.3) is 0 Å². The predicted octanol–water partition coefficient (Wildman–Crippen LogP) is 3.26. The minimum atomic E-state index is -0.180. The summed E-state index contributed by atoms with van der Waals surface area (Å²) in [6.07, 6.45) is 6.84. The molecule has 2 heterocycles. The Hall–Kier alpha value is -2.24. The van der Waals surface area contributed by atoms with E-state index in [2.05, 4.69) is 15.1 Å². The molecule has 0 radical (unpaired) electrons. The van der Waals surface area contributed by atoms with E-state index in [1.807, 2.05) is 32.9 Å². The molecule has 130 valence electrons. The quantitative estimate of drug-likeness (QED) is 0.546. The molecule has 2 aromatic rings. The minimum absolute atomic E-state index is 0.129. The number of nitrogens with zero attached hydrogens (tertiary/aromatic N) is 3. The first kappa shape index (κ1) is 18.1. The molecule has 0 amide bonds. The highest BCUT2D eigenvalue weighted by molar-refractivity contribution is 5.69. The molecule has 0 aliphatic rings. The second-order valence-electron chi connectivity index (χ2n) is 6.79. The third kappa shape index (κ3) is 6.10. The fraction of sp³-hybridized carbons (Fsp3) is 0.556. The van der Waals surface area contributed by atoms with E-state index in [0.29, 0.717) is 37.6 Å². The Morgan fingerprint density at radius 1 is 1.17 bits per heavy atom. The number of carbonyl (C=O) groups excluding carboxylic acids is 1. The van der Waals surface area contributed by atoms with Gasteiger partial charge in [-0.3, -0.25) is 9.78 Å². The normalized spacial score (nSPS) is 11.5. The number of carbonyl (C=O) groups is 1. The van der Waals surface area contributed by atoms with Gasteiger partial charge < -0.3 is 9.26 Å². The van der Waals surface area contributed by atoms with Crippen LogP contribution in [0.2, 0.25) is 0 Å². The van der Waals surface area contributed by atoms with Crippen molar-refractivity contribution in [3.05, 3.63) is 41.8 Å². The topological polar surface area (TPSA) is 78.1 Å². The maximum atomic E-state index is 11.7. The van der Waals surface area contributed by atoms with Crippen molar-refractivity contribution < 1.29 is 14.1 Å². The highest BCUT2D eigenvalue weighted by atomic mass is 16.5. The van der Waals surface area contributed by atoms with Gasteiger partial charge in [-0.05, 0) is 37.0 Å². The summed E-state index contributed by atoms with van der Waals surface area (Å²) in [7, 11) is 0. The lowest BCUT2D eigenvalue weighted by Crippen LogP contribution is -2.13. The average Bonchev–Trinajstić information content (AvgIpc) is 3.02. The smallest absolute Gasteiger partial charge is 0.305 e. The molecule has 0 saturated carbocycles. The summed E-state index contributed by atoms with van der Waals surface area (Å²) < 4.78 is 10.4. The highest BCUT2D eigenvalue weighted by Crippen LogP contribution is 2.18. The predicted molar refractivity (Wildman–Crippen MR) is 89.5 cm³/mol. The molecule has 6 heteroatoms.